The summed E-state index contributed by atoms with van der Waals surface area (Å²) in [5, 5.41) is 17.0. The Morgan fingerprint density at radius 3 is 2.59 bits per heavy atom. The van der Waals surface area contributed by atoms with E-state index in [1.165, 1.54) is 0 Å². The second-order valence-corrected chi connectivity index (χ2v) is 8.07. The van der Waals surface area contributed by atoms with E-state index in [0.717, 1.165) is 33.4 Å². The van der Waals surface area contributed by atoms with Crippen LogP contribution in [0, 0.1) is 25.2 Å². The van der Waals surface area contributed by atoms with Crippen LogP contribution >= 0.6 is 0 Å². The van der Waals surface area contributed by atoms with Crippen LogP contribution in [0.2, 0.25) is 0 Å². The normalized spacial score (nSPS) is 10.9. The van der Waals surface area contributed by atoms with E-state index in [1.807, 2.05) is 44.2 Å². The molecule has 166 valence electrons. The van der Waals surface area contributed by atoms with Gasteiger partial charge in [-0.1, -0.05) is 6.07 Å². The van der Waals surface area contributed by atoms with E-state index < -0.39 is 0 Å². The van der Waals surface area contributed by atoms with Crippen molar-refractivity contribution in [2.75, 3.05) is 5.32 Å². The Bertz CT molecular complexity index is 1640. The lowest BCUT2D eigenvalue weighted by Crippen LogP contribution is -2.19. The molecule has 0 saturated carbocycles. The summed E-state index contributed by atoms with van der Waals surface area (Å²) in [6.07, 6.45) is 1.79. The largest absolute Gasteiger partial charge is 0.332 e. The zero-order valence-electron chi connectivity index (χ0n) is 18.8. The molecular weight excluding hydrogens is 428 g/mol. The third kappa shape index (κ3) is 3.80. The highest BCUT2D eigenvalue weighted by Gasteiger charge is 2.14. The molecule has 0 radical (unpaired) electrons. The van der Waals surface area contributed by atoms with Crippen LogP contribution < -0.4 is 10.9 Å². The molecule has 8 nitrogen and oxygen atoms in total. The Balaban J connectivity index is 1.49. The zero-order chi connectivity index (χ0) is 23.8. The number of rotatable bonds is 4. The first-order valence-electron chi connectivity index (χ1n) is 10.6. The predicted molar refractivity (Wildman–Crippen MR) is 130 cm³/mol. The average molecular weight is 448 g/mol. The standard InChI is InChI=1S/C26H20N6O2/c1-15-4-9-20(29-26-30-24(34-31-26)18-7-5-17(13-27)6-8-18)12-21(15)22-11-19-14-28-16(2)10-23(19)32(3)25(22)33/h4-12,14H,1-3H3,(H,29,31). The quantitative estimate of drug-likeness (QED) is 0.417. The summed E-state index contributed by atoms with van der Waals surface area (Å²) >= 11 is 0. The predicted octanol–water partition coefficient (Wildman–Crippen LogP) is 4.88. The second kappa shape index (κ2) is 8.30. The van der Waals surface area contributed by atoms with E-state index in [4.69, 9.17) is 9.78 Å². The van der Waals surface area contributed by atoms with Crippen LogP contribution in [-0.4, -0.2) is 19.7 Å². The van der Waals surface area contributed by atoms with Gasteiger partial charge in [-0.3, -0.25) is 9.78 Å². The molecule has 0 saturated heterocycles. The van der Waals surface area contributed by atoms with Gasteiger partial charge in [-0.15, -0.1) is 0 Å². The SMILES string of the molecule is Cc1cc2c(cn1)cc(-c1cc(Nc3noc(-c4ccc(C#N)cc4)n3)ccc1C)c(=O)n2C. The maximum absolute atomic E-state index is 13.2. The van der Waals surface area contributed by atoms with Gasteiger partial charge in [0.1, 0.15) is 0 Å². The minimum absolute atomic E-state index is 0.0824. The van der Waals surface area contributed by atoms with Crippen LogP contribution in [0.1, 0.15) is 16.8 Å². The highest BCUT2D eigenvalue weighted by molar-refractivity contribution is 5.85. The van der Waals surface area contributed by atoms with Crippen molar-refractivity contribution >= 4 is 22.5 Å². The molecule has 2 aromatic carbocycles. The molecule has 0 aliphatic heterocycles. The minimum Gasteiger partial charge on any atom is -0.332 e. The molecule has 0 aliphatic carbocycles. The van der Waals surface area contributed by atoms with E-state index in [0.29, 0.717) is 28.5 Å². The lowest BCUT2D eigenvalue weighted by atomic mass is 9.99. The Hall–Kier alpha value is -4.77. The van der Waals surface area contributed by atoms with Gasteiger partial charge in [0, 0.05) is 41.1 Å². The Morgan fingerprint density at radius 1 is 1.03 bits per heavy atom. The number of nitriles is 1. The molecule has 34 heavy (non-hydrogen) atoms. The number of hydrogen-bond acceptors (Lipinski definition) is 7. The van der Waals surface area contributed by atoms with Gasteiger partial charge in [0.2, 0.25) is 0 Å². The molecule has 0 unspecified atom stereocenters. The van der Waals surface area contributed by atoms with Crippen LogP contribution in [0.4, 0.5) is 11.6 Å². The molecule has 0 fully saturated rings. The molecule has 0 amide bonds. The van der Waals surface area contributed by atoms with Crippen LogP contribution in [0.5, 0.6) is 0 Å². The minimum atomic E-state index is -0.0824. The maximum Gasteiger partial charge on any atom is 0.268 e. The van der Waals surface area contributed by atoms with E-state index in [-0.39, 0.29) is 5.56 Å². The van der Waals surface area contributed by atoms with Crippen molar-refractivity contribution < 1.29 is 4.52 Å². The molecule has 3 aromatic heterocycles. The number of hydrogen-bond donors (Lipinski definition) is 1. The third-order valence-corrected chi connectivity index (χ3v) is 5.72. The molecule has 0 bridgehead atoms. The summed E-state index contributed by atoms with van der Waals surface area (Å²) in [4.78, 5) is 22.0. The highest BCUT2D eigenvalue weighted by Crippen LogP contribution is 2.28. The van der Waals surface area contributed by atoms with Crippen LogP contribution in [0.25, 0.3) is 33.5 Å². The zero-order valence-corrected chi connectivity index (χ0v) is 18.8. The number of aromatic nitrogens is 4. The van der Waals surface area contributed by atoms with Crippen molar-refractivity contribution in [1.82, 2.24) is 19.7 Å². The van der Waals surface area contributed by atoms with Crippen molar-refractivity contribution in [2.45, 2.75) is 13.8 Å². The number of aryl methyl sites for hydroxylation is 3. The first-order chi connectivity index (χ1) is 16.4. The molecule has 0 atom stereocenters. The Kier molecular flexibility index (Phi) is 5.15. The number of fused-ring (bicyclic) bond motifs is 1. The number of nitrogens with one attached hydrogen (secondary N) is 1. The Labute approximate surface area is 195 Å². The molecule has 5 rings (SSSR count). The van der Waals surface area contributed by atoms with E-state index in [1.54, 1.807) is 42.1 Å². The average Bonchev–Trinajstić information content (AvgIpc) is 3.31. The molecule has 8 heteroatoms. The fourth-order valence-electron chi connectivity index (χ4n) is 3.86. The topological polar surface area (TPSA) is 110 Å². The summed E-state index contributed by atoms with van der Waals surface area (Å²) in [7, 11) is 1.77. The summed E-state index contributed by atoms with van der Waals surface area (Å²) in [5.74, 6) is 0.630. The highest BCUT2D eigenvalue weighted by atomic mass is 16.5. The van der Waals surface area contributed by atoms with Gasteiger partial charge in [-0.05, 0) is 78.7 Å². The number of benzene rings is 2. The number of nitrogens with zero attached hydrogens (tertiary/aromatic N) is 5. The second-order valence-electron chi connectivity index (χ2n) is 8.07. The summed E-state index contributed by atoms with van der Waals surface area (Å²) in [6.45, 7) is 3.87. The first kappa shape index (κ1) is 21.1. The van der Waals surface area contributed by atoms with Gasteiger partial charge in [0.15, 0.2) is 0 Å². The molecule has 5 aromatic rings. The van der Waals surface area contributed by atoms with Crippen LogP contribution in [0.15, 0.2) is 70.1 Å². The van der Waals surface area contributed by atoms with Gasteiger partial charge in [0.25, 0.3) is 17.4 Å². The number of pyridine rings is 2. The van der Waals surface area contributed by atoms with Gasteiger partial charge in [0.05, 0.1) is 17.1 Å². The Morgan fingerprint density at radius 2 is 1.82 bits per heavy atom. The number of anilines is 2. The third-order valence-electron chi connectivity index (χ3n) is 5.72. The van der Waals surface area contributed by atoms with Gasteiger partial charge >= 0.3 is 0 Å². The summed E-state index contributed by atoms with van der Waals surface area (Å²) in [5.41, 5.74) is 5.98. The molecule has 0 aliphatic rings. The van der Waals surface area contributed by atoms with Gasteiger partial charge < -0.3 is 14.4 Å². The van der Waals surface area contributed by atoms with Crippen molar-refractivity contribution in [1.29, 1.82) is 5.26 Å². The summed E-state index contributed by atoms with van der Waals surface area (Å²) in [6, 6.07) is 18.5. The fourth-order valence-corrected chi connectivity index (χ4v) is 3.86. The van der Waals surface area contributed by atoms with Crippen molar-refractivity contribution in [3.63, 3.8) is 0 Å². The van der Waals surface area contributed by atoms with Crippen molar-refractivity contribution in [3.8, 4) is 28.7 Å². The van der Waals surface area contributed by atoms with Crippen molar-refractivity contribution in [3.05, 3.63) is 88.0 Å². The van der Waals surface area contributed by atoms with E-state index in [9.17, 15) is 4.79 Å². The van der Waals surface area contributed by atoms with Gasteiger partial charge in [-0.25, -0.2) is 0 Å². The molecular formula is C26H20N6O2. The lowest BCUT2D eigenvalue weighted by molar-refractivity contribution is 0.433. The monoisotopic (exact) mass is 448 g/mol. The molecule has 0 spiro atoms. The van der Waals surface area contributed by atoms with Crippen LogP contribution in [0.3, 0.4) is 0 Å². The summed E-state index contributed by atoms with van der Waals surface area (Å²) < 4.78 is 7.02. The van der Waals surface area contributed by atoms with Crippen LogP contribution in [-0.2, 0) is 7.05 Å². The van der Waals surface area contributed by atoms with E-state index >= 15 is 0 Å². The van der Waals surface area contributed by atoms with Crippen molar-refractivity contribution in [2.24, 2.45) is 7.05 Å². The molecule has 3 heterocycles. The van der Waals surface area contributed by atoms with Gasteiger partial charge in [-0.2, -0.15) is 10.2 Å². The first-order valence-corrected chi connectivity index (χ1v) is 10.6. The fraction of sp³-hybridized carbons (Fsp3) is 0.115. The smallest absolute Gasteiger partial charge is 0.268 e. The molecule has 1 N–H and O–H groups in total. The van der Waals surface area contributed by atoms with E-state index in [2.05, 4.69) is 26.5 Å². The maximum atomic E-state index is 13.2. The lowest BCUT2D eigenvalue weighted by Gasteiger charge is -2.12.